The molecule has 2 atom stereocenters. The van der Waals surface area contributed by atoms with Crippen molar-refractivity contribution in [3.05, 3.63) is 0 Å². The van der Waals surface area contributed by atoms with Crippen LogP contribution >= 0.6 is 0 Å². The monoisotopic (exact) mass is 198 g/mol. The first-order chi connectivity index (χ1) is 6.86. The van der Waals surface area contributed by atoms with Gasteiger partial charge in [0, 0.05) is 26.2 Å². The van der Waals surface area contributed by atoms with Gasteiger partial charge in [-0.15, -0.1) is 0 Å². The zero-order chi connectivity index (χ0) is 9.80. The molecular formula is C11H22N2O. The fraction of sp³-hybridized carbons (Fsp3) is 1.00. The Morgan fingerprint density at radius 2 is 2.29 bits per heavy atom. The van der Waals surface area contributed by atoms with Crippen LogP contribution in [0.3, 0.4) is 0 Å². The molecule has 2 aliphatic heterocycles. The molecule has 2 rings (SSSR count). The second kappa shape index (κ2) is 5.10. The summed E-state index contributed by atoms with van der Waals surface area (Å²) in [6.45, 7) is 9.24. The van der Waals surface area contributed by atoms with Crippen LogP contribution < -0.4 is 5.32 Å². The summed E-state index contributed by atoms with van der Waals surface area (Å²) in [4.78, 5) is 2.59. The first-order valence-electron chi connectivity index (χ1n) is 5.91. The van der Waals surface area contributed by atoms with Gasteiger partial charge in [0.1, 0.15) is 0 Å². The summed E-state index contributed by atoms with van der Waals surface area (Å²) < 4.78 is 5.60. The van der Waals surface area contributed by atoms with Crippen molar-refractivity contribution in [2.24, 2.45) is 5.92 Å². The minimum absolute atomic E-state index is 0.478. The molecule has 0 spiro atoms. The van der Waals surface area contributed by atoms with E-state index < -0.39 is 0 Å². The first kappa shape index (κ1) is 10.4. The van der Waals surface area contributed by atoms with E-state index in [1.54, 1.807) is 0 Å². The van der Waals surface area contributed by atoms with Crippen LogP contribution in [-0.4, -0.2) is 50.3 Å². The average Bonchev–Trinajstić information content (AvgIpc) is 2.44. The minimum atomic E-state index is 0.478. The van der Waals surface area contributed by atoms with Gasteiger partial charge in [0.05, 0.1) is 6.10 Å². The molecule has 0 aromatic rings. The maximum atomic E-state index is 5.60. The number of ether oxygens (including phenoxy) is 1. The van der Waals surface area contributed by atoms with E-state index in [1.807, 2.05) is 0 Å². The first-order valence-corrected chi connectivity index (χ1v) is 5.91. The Bertz CT molecular complexity index is 167. The lowest BCUT2D eigenvalue weighted by Crippen LogP contribution is -2.34. The van der Waals surface area contributed by atoms with Crippen LogP contribution in [0.4, 0.5) is 0 Å². The van der Waals surface area contributed by atoms with E-state index in [9.17, 15) is 0 Å². The van der Waals surface area contributed by atoms with Crippen molar-refractivity contribution in [2.75, 3.05) is 39.3 Å². The van der Waals surface area contributed by atoms with Crippen molar-refractivity contribution in [1.29, 1.82) is 0 Å². The minimum Gasteiger partial charge on any atom is -0.378 e. The predicted molar refractivity (Wildman–Crippen MR) is 57.4 cm³/mol. The van der Waals surface area contributed by atoms with E-state index in [4.69, 9.17) is 4.74 Å². The van der Waals surface area contributed by atoms with Gasteiger partial charge in [-0.3, -0.25) is 0 Å². The second-order valence-corrected chi connectivity index (χ2v) is 4.53. The third-order valence-electron chi connectivity index (χ3n) is 3.46. The van der Waals surface area contributed by atoms with Crippen molar-refractivity contribution in [3.63, 3.8) is 0 Å². The summed E-state index contributed by atoms with van der Waals surface area (Å²) in [7, 11) is 0. The van der Waals surface area contributed by atoms with E-state index in [-0.39, 0.29) is 0 Å². The average molecular weight is 198 g/mol. The van der Waals surface area contributed by atoms with Crippen molar-refractivity contribution >= 4 is 0 Å². The molecule has 82 valence electrons. The molecule has 0 bridgehead atoms. The Kier molecular flexibility index (Phi) is 3.79. The Balaban J connectivity index is 1.77. The molecule has 0 aliphatic carbocycles. The molecule has 3 heteroatoms. The standard InChI is InChI=1S/C11H22N2O/c1-10-11(3-8-14-10)9-13-6-2-4-12-5-7-13/h10-12H,2-9H2,1H3. The molecule has 0 aromatic carbocycles. The summed E-state index contributed by atoms with van der Waals surface area (Å²) in [6.07, 6.45) is 3.03. The largest absolute Gasteiger partial charge is 0.378 e. The lowest BCUT2D eigenvalue weighted by molar-refractivity contribution is 0.0934. The lowest BCUT2D eigenvalue weighted by atomic mass is 10.0. The maximum Gasteiger partial charge on any atom is 0.0588 e. The molecule has 0 radical (unpaired) electrons. The summed E-state index contributed by atoms with van der Waals surface area (Å²) in [5.74, 6) is 0.771. The molecule has 2 heterocycles. The van der Waals surface area contributed by atoms with Gasteiger partial charge >= 0.3 is 0 Å². The highest BCUT2D eigenvalue weighted by Gasteiger charge is 2.26. The molecule has 0 saturated carbocycles. The van der Waals surface area contributed by atoms with Gasteiger partial charge in [-0.25, -0.2) is 0 Å². The van der Waals surface area contributed by atoms with E-state index >= 15 is 0 Å². The molecule has 0 amide bonds. The molecular weight excluding hydrogens is 176 g/mol. The van der Waals surface area contributed by atoms with E-state index in [2.05, 4.69) is 17.1 Å². The van der Waals surface area contributed by atoms with Crippen LogP contribution in [-0.2, 0) is 4.74 Å². The zero-order valence-corrected chi connectivity index (χ0v) is 9.17. The van der Waals surface area contributed by atoms with E-state index in [0.717, 1.165) is 19.1 Å². The zero-order valence-electron chi connectivity index (χ0n) is 9.17. The van der Waals surface area contributed by atoms with Gasteiger partial charge in [-0.05, 0) is 38.8 Å². The van der Waals surface area contributed by atoms with Gasteiger partial charge < -0.3 is 15.0 Å². The van der Waals surface area contributed by atoms with Gasteiger partial charge in [0.25, 0.3) is 0 Å². The van der Waals surface area contributed by atoms with Gasteiger partial charge in [0.2, 0.25) is 0 Å². The van der Waals surface area contributed by atoms with Crippen LogP contribution in [0.2, 0.25) is 0 Å². The van der Waals surface area contributed by atoms with Gasteiger partial charge in [-0.1, -0.05) is 0 Å². The number of nitrogens with one attached hydrogen (secondary N) is 1. The van der Waals surface area contributed by atoms with Crippen LogP contribution in [0.5, 0.6) is 0 Å². The van der Waals surface area contributed by atoms with Gasteiger partial charge in [-0.2, -0.15) is 0 Å². The maximum absolute atomic E-state index is 5.60. The predicted octanol–water partition coefficient (Wildman–Crippen LogP) is 0.707. The summed E-state index contributed by atoms with van der Waals surface area (Å²) in [6, 6.07) is 0. The van der Waals surface area contributed by atoms with Gasteiger partial charge in [0.15, 0.2) is 0 Å². The van der Waals surface area contributed by atoms with Crippen LogP contribution in [0.25, 0.3) is 0 Å². The van der Waals surface area contributed by atoms with Crippen molar-refractivity contribution in [1.82, 2.24) is 10.2 Å². The fourth-order valence-electron chi connectivity index (χ4n) is 2.43. The molecule has 2 aliphatic rings. The number of nitrogens with zero attached hydrogens (tertiary/aromatic N) is 1. The van der Waals surface area contributed by atoms with Crippen LogP contribution in [0.1, 0.15) is 19.8 Å². The third-order valence-corrected chi connectivity index (χ3v) is 3.46. The summed E-state index contributed by atoms with van der Waals surface area (Å²) >= 11 is 0. The van der Waals surface area contributed by atoms with E-state index in [1.165, 1.54) is 39.0 Å². The molecule has 1 N–H and O–H groups in total. The van der Waals surface area contributed by atoms with Crippen molar-refractivity contribution in [3.8, 4) is 0 Å². The smallest absolute Gasteiger partial charge is 0.0588 e. The number of rotatable bonds is 2. The molecule has 2 saturated heterocycles. The Hall–Kier alpha value is -0.120. The van der Waals surface area contributed by atoms with E-state index in [0.29, 0.717) is 6.10 Å². The van der Waals surface area contributed by atoms with Crippen LogP contribution in [0.15, 0.2) is 0 Å². The summed E-state index contributed by atoms with van der Waals surface area (Å²) in [5.41, 5.74) is 0. The highest BCUT2D eigenvalue weighted by atomic mass is 16.5. The fourth-order valence-corrected chi connectivity index (χ4v) is 2.43. The Morgan fingerprint density at radius 3 is 3.07 bits per heavy atom. The Morgan fingerprint density at radius 1 is 1.36 bits per heavy atom. The molecule has 14 heavy (non-hydrogen) atoms. The number of hydrogen-bond donors (Lipinski definition) is 1. The molecule has 2 unspecified atom stereocenters. The lowest BCUT2D eigenvalue weighted by Gasteiger charge is -2.24. The van der Waals surface area contributed by atoms with Crippen LogP contribution in [0, 0.1) is 5.92 Å². The van der Waals surface area contributed by atoms with Crippen molar-refractivity contribution < 1.29 is 4.74 Å². The quantitative estimate of drug-likeness (QED) is 0.707. The highest BCUT2D eigenvalue weighted by molar-refractivity contribution is 4.77. The third kappa shape index (κ3) is 2.69. The highest BCUT2D eigenvalue weighted by Crippen LogP contribution is 2.21. The number of hydrogen-bond acceptors (Lipinski definition) is 3. The Labute approximate surface area is 86.8 Å². The molecule has 0 aromatic heterocycles. The summed E-state index contributed by atoms with van der Waals surface area (Å²) in [5, 5.41) is 3.44. The molecule has 3 nitrogen and oxygen atoms in total. The molecule has 2 fully saturated rings. The normalized spacial score (nSPS) is 35.8. The topological polar surface area (TPSA) is 24.5 Å². The SMILES string of the molecule is CC1OCCC1CN1CCCNCC1. The van der Waals surface area contributed by atoms with Crippen molar-refractivity contribution in [2.45, 2.75) is 25.9 Å². The second-order valence-electron chi connectivity index (χ2n) is 4.53.